The summed E-state index contributed by atoms with van der Waals surface area (Å²) in [5, 5.41) is 8.71. The van der Waals surface area contributed by atoms with Crippen molar-refractivity contribution >= 4 is 41.3 Å². The molecule has 2 aromatic rings. The SMILES string of the molecule is CCNC(=NCc1cccs1)NCCCOC(C)c1ccccc1.I. The van der Waals surface area contributed by atoms with Gasteiger partial charge in [-0.2, -0.15) is 0 Å². The van der Waals surface area contributed by atoms with Gasteiger partial charge in [-0.1, -0.05) is 36.4 Å². The second kappa shape index (κ2) is 13.1. The number of nitrogens with zero attached hydrogens (tertiary/aromatic N) is 1. The number of nitrogens with one attached hydrogen (secondary N) is 2. The Morgan fingerprint density at radius 3 is 2.64 bits per heavy atom. The molecule has 6 heteroatoms. The summed E-state index contributed by atoms with van der Waals surface area (Å²) in [6.07, 6.45) is 1.08. The maximum atomic E-state index is 5.89. The molecule has 4 nitrogen and oxygen atoms in total. The Morgan fingerprint density at radius 2 is 1.96 bits per heavy atom. The molecule has 0 saturated carbocycles. The molecule has 0 aliphatic carbocycles. The van der Waals surface area contributed by atoms with E-state index in [1.807, 2.05) is 18.2 Å². The van der Waals surface area contributed by atoms with Crippen molar-refractivity contribution in [2.24, 2.45) is 4.99 Å². The molecular formula is C19H28IN3OS. The highest BCUT2D eigenvalue weighted by atomic mass is 127. The lowest BCUT2D eigenvalue weighted by molar-refractivity contribution is 0.0646. The van der Waals surface area contributed by atoms with Crippen LogP contribution in [0.25, 0.3) is 0 Å². The van der Waals surface area contributed by atoms with E-state index in [1.165, 1.54) is 10.4 Å². The van der Waals surface area contributed by atoms with Crippen LogP contribution in [0.1, 0.15) is 36.8 Å². The molecule has 2 rings (SSSR count). The molecule has 1 aromatic heterocycles. The molecule has 138 valence electrons. The molecule has 0 aliphatic heterocycles. The first-order chi connectivity index (χ1) is 11.8. The highest BCUT2D eigenvalue weighted by molar-refractivity contribution is 14.0. The molecule has 0 aliphatic rings. The van der Waals surface area contributed by atoms with Crippen molar-refractivity contribution in [2.45, 2.75) is 32.9 Å². The third-order valence-corrected chi connectivity index (χ3v) is 4.43. The van der Waals surface area contributed by atoms with Crippen LogP contribution in [0.5, 0.6) is 0 Å². The Labute approximate surface area is 172 Å². The summed E-state index contributed by atoms with van der Waals surface area (Å²) in [6, 6.07) is 14.5. The maximum Gasteiger partial charge on any atom is 0.191 e. The minimum absolute atomic E-state index is 0. The molecule has 0 spiro atoms. The fourth-order valence-electron chi connectivity index (χ4n) is 2.26. The summed E-state index contributed by atoms with van der Waals surface area (Å²) in [4.78, 5) is 5.87. The number of hydrogen-bond acceptors (Lipinski definition) is 3. The van der Waals surface area contributed by atoms with E-state index in [0.717, 1.165) is 32.1 Å². The molecule has 0 amide bonds. The van der Waals surface area contributed by atoms with E-state index in [-0.39, 0.29) is 30.1 Å². The highest BCUT2D eigenvalue weighted by Crippen LogP contribution is 2.15. The fourth-order valence-corrected chi connectivity index (χ4v) is 2.89. The minimum Gasteiger partial charge on any atom is -0.374 e. The van der Waals surface area contributed by atoms with Crippen molar-refractivity contribution in [1.82, 2.24) is 10.6 Å². The first-order valence-electron chi connectivity index (χ1n) is 8.50. The predicted molar refractivity (Wildman–Crippen MR) is 118 cm³/mol. The van der Waals surface area contributed by atoms with Gasteiger partial charge in [0, 0.05) is 24.6 Å². The second-order valence-corrected chi connectivity index (χ2v) is 6.51. The first kappa shape index (κ1) is 21.9. The Kier molecular flexibility index (Phi) is 11.5. The van der Waals surface area contributed by atoms with Crippen LogP contribution in [0, 0.1) is 0 Å². The highest BCUT2D eigenvalue weighted by Gasteiger charge is 2.04. The lowest BCUT2D eigenvalue weighted by Gasteiger charge is -2.14. The third-order valence-electron chi connectivity index (χ3n) is 3.57. The van der Waals surface area contributed by atoms with Crippen LogP contribution >= 0.6 is 35.3 Å². The van der Waals surface area contributed by atoms with Gasteiger partial charge in [-0.05, 0) is 37.3 Å². The largest absolute Gasteiger partial charge is 0.374 e. The van der Waals surface area contributed by atoms with Crippen molar-refractivity contribution in [1.29, 1.82) is 0 Å². The van der Waals surface area contributed by atoms with Crippen molar-refractivity contribution in [3.8, 4) is 0 Å². The lowest BCUT2D eigenvalue weighted by atomic mass is 10.1. The van der Waals surface area contributed by atoms with Crippen LogP contribution in [0.4, 0.5) is 0 Å². The minimum atomic E-state index is 0. The average Bonchev–Trinajstić information content (AvgIpc) is 3.13. The zero-order valence-corrected chi connectivity index (χ0v) is 18.1. The molecule has 0 fully saturated rings. The van der Waals surface area contributed by atoms with Crippen molar-refractivity contribution in [2.75, 3.05) is 19.7 Å². The van der Waals surface area contributed by atoms with Gasteiger partial charge in [0.1, 0.15) is 0 Å². The van der Waals surface area contributed by atoms with Gasteiger partial charge in [0.25, 0.3) is 0 Å². The number of hydrogen-bond donors (Lipinski definition) is 2. The van der Waals surface area contributed by atoms with Crippen LogP contribution in [-0.2, 0) is 11.3 Å². The number of ether oxygens (including phenoxy) is 1. The monoisotopic (exact) mass is 473 g/mol. The van der Waals surface area contributed by atoms with Crippen LogP contribution in [0.3, 0.4) is 0 Å². The Hall–Kier alpha value is -1.12. The third kappa shape index (κ3) is 8.69. The number of thiophene rings is 1. The van der Waals surface area contributed by atoms with Gasteiger partial charge in [-0.25, -0.2) is 4.99 Å². The molecule has 0 bridgehead atoms. The van der Waals surface area contributed by atoms with E-state index < -0.39 is 0 Å². The Balaban J connectivity index is 0.00000312. The normalized spacial score (nSPS) is 12.3. The van der Waals surface area contributed by atoms with Crippen molar-refractivity contribution < 1.29 is 4.74 Å². The topological polar surface area (TPSA) is 45.7 Å². The van der Waals surface area contributed by atoms with Crippen molar-refractivity contribution in [3.63, 3.8) is 0 Å². The molecule has 25 heavy (non-hydrogen) atoms. The fraction of sp³-hybridized carbons (Fsp3) is 0.421. The zero-order valence-electron chi connectivity index (χ0n) is 14.9. The van der Waals surface area contributed by atoms with E-state index >= 15 is 0 Å². The summed E-state index contributed by atoms with van der Waals surface area (Å²) in [5.74, 6) is 0.863. The standard InChI is InChI=1S/C19H27N3OS.HI/c1-3-20-19(22-15-18-11-7-14-24-18)21-12-8-13-23-16(2)17-9-5-4-6-10-17;/h4-7,9-11,14,16H,3,8,12-13,15H2,1-2H3,(H2,20,21,22);1H. The van der Waals surface area contributed by atoms with E-state index in [4.69, 9.17) is 4.74 Å². The molecular weight excluding hydrogens is 445 g/mol. The number of benzene rings is 1. The zero-order chi connectivity index (χ0) is 17.0. The van der Waals surface area contributed by atoms with Crippen molar-refractivity contribution in [3.05, 3.63) is 58.3 Å². The Morgan fingerprint density at radius 1 is 1.16 bits per heavy atom. The van der Waals surface area contributed by atoms with Gasteiger partial charge in [0.15, 0.2) is 5.96 Å². The summed E-state index contributed by atoms with van der Waals surface area (Å²) in [6.45, 7) is 7.32. The van der Waals surface area contributed by atoms with E-state index in [2.05, 4.69) is 59.1 Å². The molecule has 1 atom stereocenters. The van der Waals surface area contributed by atoms with Gasteiger partial charge in [0.2, 0.25) is 0 Å². The number of aliphatic imine (C=N–C) groups is 1. The molecule has 1 aromatic carbocycles. The number of halogens is 1. The predicted octanol–water partition coefficient (Wildman–Crippen LogP) is 4.59. The quantitative estimate of drug-likeness (QED) is 0.243. The summed E-state index contributed by atoms with van der Waals surface area (Å²) in [7, 11) is 0. The summed E-state index contributed by atoms with van der Waals surface area (Å²) >= 11 is 1.73. The van der Waals surface area contributed by atoms with E-state index in [1.54, 1.807) is 11.3 Å². The molecule has 0 radical (unpaired) electrons. The smallest absolute Gasteiger partial charge is 0.191 e. The van der Waals surface area contributed by atoms with Crippen LogP contribution < -0.4 is 10.6 Å². The number of guanidine groups is 1. The van der Waals surface area contributed by atoms with Crippen LogP contribution in [0.2, 0.25) is 0 Å². The van der Waals surface area contributed by atoms with Gasteiger partial charge >= 0.3 is 0 Å². The van der Waals surface area contributed by atoms with Gasteiger partial charge in [-0.15, -0.1) is 35.3 Å². The summed E-state index contributed by atoms with van der Waals surface area (Å²) in [5.41, 5.74) is 1.22. The van der Waals surface area contributed by atoms with E-state index in [0.29, 0.717) is 6.54 Å². The maximum absolute atomic E-state index is 5.89. The molecule has 2 N–H and O–H groups in total. The van der Waals surface area contributed by atoms with Gasteiger partial charge < -0.3 is 15.4 Å². The molecule has 1 unspecified atom stereocenters. The summed E-state index contributed by atoms with van der Waals surface area (Å²) < 4.78 is 5.89. The second-order valence-electron chi connectivity index (χ2n) is 5.48. The van der Waals surface area contributed by atoms with Gasteiger partial charge in [-0.3, -0.25) is 0 Å². The molecule has 1 heterocycles. The van der Waals surface area contributed by atoms with Crippen LogP contribution in [0.15, 0.2) is 52.8 Å². The first-order valence-corrected chi connectivity index (χ1v) is 9.38. The van der Waals surface area contributed by atoms with E-state index in [9.17, 15) is 0 Å². The molecule has 0 saturated heterocycles. The Bertz CT molecular complexity index is 590. The van der Waals surface area contributed by atoms with Gasteiger partial charge in [0.05, 0.1) is 12.6 Å². The van der Waals surface area contributed by atoms with Crippen LogP contribution in [-0.4, -0.2) is 25.7 Å². The number of rotatable bonds is 9. The average molecular weight is 473 g/mol. The lowest BCUT2D eigenvalue weighted by Crippen LogP contribution is -2.38.